The van der Waals surface area contributed by atoms with E-state index in [0.717, 1.165) is 5.39 Å². The van der Waals surface area contributed by atoms with Gasteiger partial charge >= 0.3 is 0 Å². The van der Waals surface area contributed by atoms with Crippen LogP contribution in [-0.2, 0) is 4.74 Å². The van der Waals surface area contributed by atoms with Crippen molar-refractivity contribution < 1.29 is 14.2 Å². The van der Waals surface area contributed by atoms with E-state index in [4.69, 9.17) is 25.8 Å². The molecule has 0 aliphatic heterocycles. The van der Waals surface area contributed by atoms with Crippen LogP contribution in [0, 0.1) is 0 Å². The van der Waals surface area contributed by atoms with Gasteiger partial charge in [-0.15, -0.1) is 0 Å². The molecular formula is C13H14ClNO3. The highest BCUT2D eigenvalue weighted by Crippen LogP contribution is 2.32. The lowest BCUT2D eigenvalue weighted by molar-refractivity contribution is 0.144. The summed E-state index contributed by atoms with van der Waals surface area (Å²) in [6.07, 6.45) is 0. The summed E-state index contributed by atoms with van der Waals surface area (Å²) in [6.45, 7) is 0.938. The van der Waals surface area contributed by atoms with Gasteiger partial charge < -0.3 is 14.2 Å². The van der Waals surface area contributed by atoms with Gasteiger partial charge in [-0.3, -0.25) is 0 Å². The average Bonchev–Trinajstić information content (AvgIpc) is 2.39. The molecule has 0 unspecified atom stereocenters. The molecule has 0 atom stereocenters. The summed E-state index contributed by atoms with van der Waals surface area (Å²) >= 11 is 6.12. The summed E-state index contributed by atoms with van der Waals surface area (Å²) in [6, 6.07) is 7.30. The summed E-state index contributed by atoms with van der Waals surface area (Å²) in [5.74, 6) is 1.17. The highest BCUT2D eigenvalue weighted by atomic mass is 35.5. The van der Waals surface area contributed by atoms with Crippen LogP contribution in [0.4, 0.5) is 0 Å². The highest BCUT2D eigenvalue weighted by molar-refractivity contribution is 6.35. The summed E-state index contributed by atoms with van der Waals surface area (Å²) in [7, 11) is 3.23. The van der Waals surface area contributed by atoms with E-state index < -0.39 is 0 Å². The van der Waals surface area contributed by atoms with Gasteiger partial charge in [0.1, 0.15) is 12.4 Å². The van der Waals surface area contributed by atoms with Gasteiger partial charge in [0.25, 0.3) is 0 Å². The van der Waals surface area contributed by atoms with Crippen LogP contribution in [0.5, 0.6) is 11.6 Å². The Kier molecular flexibility index (Phi) is 4.23. The maximum Gasteiger partial charge on any atom is 0.217 e. The van der Waals surface area contributed by atoms with Crippen molar-refractivity contribution >= 4 is 22.5 Å². The van der Waals surface area contributed by atoms with Crippen LogP contribution in [0.1, 0.15) is 0 Å². The molecule has 0 radical (unpaired) electrons. The Labute approximate surface area is 110 Å². The second kappa shape index (κ2) is 5.89. The Morgan fingerprint density at radius 1 is 1.22 bits per heavy atom. The van der Waals surface area contributed by atoms with Gasteiger partial charge in [0, 0.05) is 18.6 Å². The number of nitrogens with zero attached hydrogens (tertiary/aromatic N) is 1. The monoisotopic (exact) mass is 267 g/mol. The first-order valence-corrected chi connectivity index (χ1v) is 5.89. The van der Waals surface area contributed by atoms with Gasteiger partial charge in [0.2, 0.25) is 5.88 Å². The smallest absolute Gasteiger partial charge is 0.217 e. The van der Waals surface area contributed by atoms with Gasteiger partial charge in [-0.25, -0.2) is 4.98 Å². The Morgan fingerprint density at radius 3 is 2.78 bits per heavy atom. The largest absolute Gasteiger partial charge is 0.496 e. The van der Waals surface area contributed by atoms with Crippen molar-refractivity contribution in [1.29, 1.82) is 0 Å². The molecule has 0 fully saturated rings. The van der Waals surface area contributed by atoms with Crippen molar-refractivity contribution in [2.24, 2.45) is 0 Å². The van der Waals surface area contributed by atoms with E-state index in [9.17, 15) is 0 Å². The molecule has 4 nitrogen and oxygen atoms in total. The topological polar surface area (TPSA) is 40.6 Å². The number of aromatic nitrogens is 1. The zero-order valence-corrected chi connectivity index (χ0v) is 11.0. The van der Waals surface area contributed by atoms with Gasteiger partial charge in [0.15, 0.2) is 0 Å². The van der Waals surface area contributed by atoms with Crippen molar-refractivity contribution in [1.82, 2.24) is 4.98 Å². The molecule has 0 aliphatic rings. The molecule has 2 rings (SSSR count). The average molecular weight is 268 g/mol. The fourth-order valence-electron chi connectivity index (χ4n) is 1.63. The molecular weight excluding hydrogens is 254 g/mol. The van der Waals surface area contributed by atoms with Crippen LogP contribution in [-0.4, -0.2) is 32.4 Å². The first-order valence-electron chi connectivity index (χ1n) is 5.51. The number of pyridine rings is 1. The molecule has 1 heterocycles. The standard InChI is InChI=1S/C13H14ClNO3/c1-16-6-7-18-12-8-11(17-2)9-4-3-5-10(14)13(9)15-12/h3-5,8H,6-7H2,1-2H3. The van der Waals surface area contributed by atoms with E-state index >= 15 is 0 Å². The van der Waals surface area contributed by atoms with Gasteiger partial charge in [-0.05, 0) is 12.1 Å². The third kappa shape index (κ3) is 2.66. The van der Waals surface area contributed by atoms with E-state index in [1.54, 1.807) is 26.4 Å². The number of rotatable bonds is 5. The minimum atomic E-state index is 0.433. The van der Waals surface area contributed by atoms with Crippen LogP contribution < -0.4 is 9.47 Å². The Balaban J connectivity index is 2.41. The van der Waals surface area contributed by atoms with Crippen LogP contribution in [0.3, 0.4) is 0 Å². The highest BCUT2D eigenvalue weighted by Gasteiger charge is 2.09. The van der Waals surface area contributed by atoms with Crippen molar-refractivity contribution in [3.05, 3.63) is 29.3 Å². The summed E-state index contributed by atoms with van der Waals surface area (Å²) in [5, 5.41) is 1.44. The minimum absolute atomic E-state index is 0.433. The molecule has 0 saturated carbocycles. The maximum atomic E-state index is 6.12. The summed E-state index contributed by atoms with van der Waals surface area (Å²) in [4.78, 5) is 4.37. The van der Waals surface area contributed by atoms with Gasteiger partial charge in [-0.2, -0.15) is 0 Å². The minimum Gasteiger partial charge on any atom is -0.496 e. The molecule has 0 aliphatic carbocycles. The molecule has 0 saturated heterocycles. The SMILES string of the molecule is COCCOc1cc(OC)c2cccc(Cl)c2n1. The number of ether oxygens (including phenoxy) is 3. The van der Waals surface area contributed by atoms with Crippen LogP contribution in [0.25, 0.3) is 10.9 Å². The van der Waals surface area contributed by atoms with E-state index in [2.05, 4.69) is 4.98 Å². The molecule has 18 heavy (non-hydrogen) atoms. The fourth-order valence-corrected chi connectivity index (χ4v) is 1.85. The Morgan fingerprint density at radius 2 is 2.06 bits per heavy atom. The third-order valence-electron chi connectivity index (χ3n) is 2.49. The van der Waals surface area contributed by atoms with E-state index in [1.165, 1.54) is 0 Å². The Bertz CT molecular complexity index is 545. The first-order chi connectivity index (χ1) is 8.76. The van der Waals surface area contributed by atoms with Gasteiger partial charge in [0.05, 0.1) is 24.3 Å². The number of fused-ring (bicyclic) bond motifs is 1. The number of hydrogen-bond acceptors (Lipinski definition) is 4. The maximum absolute atomic E-state index is 6.12. The molecule has 2 aromatic rings. The number of para-hydroxylation sites is 1. The number of benzene rings is 1. The quantitative estimate of drug-likeness (QED) is 0.781. The van der Waals surface area contributed by atoms with Gasteiger partial charge in [-0.1, -0.05) is 17.7 Å². The fraction of sp³-hybridized carbons (Fsp3) is 0.308. The summed E-state index contributed by atoms with van der Waals surface area (Å²) < 4.78 is 15.7. The Hall–Kier alpha value is -1.52. The lowest BCUT2D eigenvalue weighted by Gasteiger charge is -2.10. The number of halogens is 1. The van der Waals surface area contributed by atoms with Crippen LogP contribution in [0.15, 0.2) is 24.3 Å². The number of methoxy groups -OCH3 is 2. The molecule has 1 aromatic carbocycles. The normalized spacial score (nSPS) is 10.6. The zero-order chi connectivity index (χ0) is 13.0. The predicted octanol–water partition coefficient (Wildman–Crippen LogP) is 2.92. The molecule has 0 N–H and O–H groups in total. The zero-order valence-electron chi connectivity index (χ0n) is 10.3. The van der Waals surface area contributed by atoms with Crippen molar-refractivity contribution in [2.75, 3.05) is 27.4 Å². The molecule has 0 bridgehead atoms. The second-order valence-corrected chi connectivity index (χ2v) is 4.05. The van der Waals surface area contributed by atoms with E-state index in [0.29, 0.717) is 35.4 Å². The van der Waals surface area contributed by atoms with Crippen molar-refractivity contribution in [3.63, 3.8) is 0 Å². The lowest BCUT2D eigenvalue weighted by atomic mass is 10.2. The van der Waals surface area contributed by atoms with Crippen LogP contribution in [0.2, 0.25) is 5.02 Å². The molecule has 1 aromatic heterocycles. The van der Waals surface area contributed by atoms with Crippen LogP contribution >= 0.6 is 11.6 Å². The first kappa shape index (κ1) is 12.9. The summed E-state index contributed by atoms with van der Waals surface area (Å²) in [5.41, 5.74) is 0.672. The molecule has 96 valence electrons. The van der Waals surface area contributed by atoms with Crippen molar-refractivity contribution in [2.45, 2.75) is 0 Å². The number of hydrogen-bond donors (Lipinski definition) is 0. The van der Waals surface area contributed by atoms with E-state index in [-0.39, 0.29) is 0 Å². The van der Waals surface area contributed by atoms with Crippen molar-refractivity contribution in [3.8, 4) is 11.6 Å². The second-order valence-electron chi connectivity index (χ2n) is 3.64. The molecule has 0 amide bonds. The molecule has 0 spiro atoms. The molecule has 5 heteroatoms. The third-order valence-corrected chi connectivity index (χ3v) is 2.79. The lowest BCUT2D eigenvalue weighted by Crippen LogP contribution is -2.05. The van der Waals surface area contributed by atoms with E-state index in [1.807, 2.05) is 12.1 Å². The predicted molar refractivity (Wildman–Crippen MR) is 70.7 cm³/mol.